The van der Waals surface area contributed by atoms with Crippen LogP contribution in [0.1, 0.15) is 32.8 Å². The highest BCUT2D eigenvalue weighted by molar-refractivity contribution is 7.99. The van der Waals surface area contributed by atoms with Crippen LogP contribution >= 0.6 is 11.8 Å². The van der Waals surface area contributed by atoms with Gasteiger partial charge in [0.25, 0.3) is 0 Å². The van der Waals surface area contributed by atoms with Crippen LogP contribution in [-0.2, 0) is 22.6 Å². The van der Waals surface area contributed by atoms with Gasteiger partial charge in [-0.1, -0.05) is 55.9 Å². The maximum Gasteiger partial charge on any atom is 0.242 e. The lowest BCUT2D eigenvalue weighted by Crippen LogP contribution is -2.44. The molecule has 0 aliphatic carbocycles. The highest BCUT2D eigenvalue weighted by Gasteiger charge is 2.31. The minimum absolute atomic E-state index is 0.0751. The maximum absolute atomic E-state index is 13.3. The van der Waals surface area contributed by atoms with Crippen LogP contribution in [0.2, 0.25) is 0 Å². The zero-order valence-corrected chi connectivity index (χ0v) is 20.9. The number of imidazole rings is 1. The number of hydrogen-bond donors (Lipinski definition) is 0. The predicted molar refractivity (Wildman–Crippen MR) is 137 cm³/mol. The van der Waals surface area contributed by atoms with E-state index in [2.05, 4.69) is 26.8 Å². The molecule has 0 spiro atoms. The van der Waals surface area contributed by atoms with Crippen molar-refractivity contribution in [2.45, 2.75) is 51.4 Å². The average Bonchev–Trinajstić information content (AvgIpc) is 3.33. The van der Waals surface area contributed by atoms with Crippen molar-refractivity contribution in [1.82, 2.24) is 14.5 Å². The van der Waals surface area contributed by atoms with E-state index >= 15 is 0 Å². The van der Waals surface area contributed by atoms with E-state index in [-0.39, 0.29) is 30.2 Å². The van der Waals surface area contributed by atoms with Gasteiger partial charge in [0.1, 0.15) is 6.54 Å². The molecule has 0 bridgehead atoms. The number of benzene rings is 2. The van der Waals surface area contributed by atoms with Gasteiger partial charge in [0.15, 0.2) is 5.16 Å². The van der Waals surface area contributed by atoms with Crippen molar-refractivity contribution in [3.8, 4) is 0 Å². The van der Waals surface area contributed by atoms with Crippen molar-refractivity contribution < 1.29 is 9.59 Å². The van der Waals surface area contributed by atoms with Crippen LogP contribution in [0.3, 0.4) is 0 Å². The molecule has 178 valence electrons. The quantitative estimate of drug-likeness (QED) is 0.505. The first kappa shape index (κ1) is 23.0. The Morgan fingerprint density at radius 1 is 0.971 bits per heavy atom. The number of rotatable bonds is 5. The summed E-state index contributed by atoms with van der Waals surface area (Å²) in [6.07, 6.45) is 2.05. The molecule has 1 aromatic heterocycles. The summed E-state index contributed by atoms with van der Waals surface area (Å²) in [6, 6.07) is 16.2. The standard InChI is InChI=1S/C27H32N4O2S/c1-18-12-19(2)15-29(14-18)25(32)16-30-24-11-7-5-9-22(24)28-27(30)34-17-26(33)31-20(3)13-21-8-4-6-10-23(21)31/h4-11,18-20H,12-17H2,1-3H3/t18-,19-,20-/m0/s1. The van der Waals surface area contributed by atoms with E-state index in [0.717, 1.165) is 41.4 Å². The molecule has 7 heteroatoms. The molecule has 1 saturated heterocycles. The topological polar surface area (TPSA) is 58.4 Å². The largest absolute Gasteiger partial charge is 0.341 e. The summed E-state index contributed by atoms with van der Waals surface area (Å²) in [6.45, 7) is 8.39. The monoisotopic (exact) mass is 476 g/mol. The number of likely N-dealkylation sites (tertiary alicyclic amines) is 1. The number of nitrogens with zero attached hydrogens (tertiary/aromatic N) is 4. The van der Waals surface area contributed by atoms with Crippen molar-refractivity contribution in [1.29, 1.82) is 0 Å². The smallest absolute Gasteiger partial charge is 0.242 e. The lowest BCUT2D eigenvalue weighted by Gasteiger charge is -2.35. The fraction of sp³-hybridized carbons (Fsp3) is 0.444. The summed E-state index contributed by atoms with van der Waals surface area (Å²) in [4.78, 5) is 35.2. The number of anilines is 1. The lowest BCUT2D eigenvalue weighted by molar-refractivity contribution is -0.134. The molecule has 0 saturated carbocycles. The van der Waals surface area contributed by atoms with Crippen molar-refractivity contribution in [2.24, 2.45) is 11.8 Å². The first-order valence-electron chi connectivity index (χ1n) is 12.2. The summed E-state index contributed by atoms with van der Waals surface area (Å²) in [5, 5.41) is 0.723. The highest BCUT2D eigenvalue weighted by atomic mass is 32.2. The third kappa shape index (κ3) is 4.45. The van der Waals surface area contributed by atoms with Gasteiger partial charge in [-0.05, 0) is 55.4 Å². The SMILES string of the molecule is C[C@H]1C[C@H](C)CN(C(=O)Cn2c(SCC(=O)N3c4ccccc4C[C@@H]3C)nc3ccccc32)C1. The van der Waals surface area contributed by atoms with Crippen molar-refractivity contribution in [2.75, 3.05) is 23.7 Å². The zero-order valence-electron chi connectivity index (χ0n) is 20.1. The van der Waals surface area contributed by atoms with Gasteiger partial charge in [-0.3, -0.25) is 9.59 Å². The molecule has 3 aromatic rings. The van der Waals surface area contributed by atoms with E-state index in [0.29, 0.717) is 11.8 Å². The third-order valence-corrected chi connectivity index (χ3v) is 7.90. The Hall–Kier alpha value is -2.80. The Labute approximate surface area is 205 Å². The molecule has 2 aromatic carbocycles. The minimum atomic E-state index is 0.0751. The molecule has 5 rings (SSSR count). The normalized spacial score (nSPS) is 22.3. The second kappa shape index (κ2) is 9.45. The van der Waals surface area contributed by atoms with Gasteiger partial charge in [-0.2, -0.15) is 0 Å². The van der Waals surface area contributed by atoms with E-state index in [9.17, 15) is 9.59 Å². The first-order chi connectivity index (χ1) is 16.4. The van der Waals surface area contributed by atoms with E-state index in [1.54, 1.807) is 0 Å². The number of carbonyl (C=O) groups is 2. The maximum atomic E-state index is 13.3. The van der Waals surface area contributed by atoms with Crippen LogP contribution in [0.4, 0.5) is 5.69 Å². The number of carbonyl (C=O) groups excluding carboxylic acids is 2. The number of thioether (sulfide) groups is 1. The fourth-order valence-electron chi connectivity index (χ4n) is 5.56. The van der Waals surface area contributed by atoms with Gasteiger partial charge in [0.2, 0.25) is 11.8 Å². The molecule has 2 aliphatic rings. The summed E-state index contributed by atoms with van der Waals surface area (Å²) in [7, 11) is 0. The zero-order chi connectivity index (χ0) is 23.8. The fourth-order valence-corrected chi connectivity index (χ4v) is 6.43. The van der Waals surface area contributed by atoms with Crippen LogP contribution in [0.25, 0.3) is 11.0 Å². The molecular formula is C27H32N4O2S. The minimum Gasteiger partial charge on any atom is -0.341 e. The molecule has 3 heterocycles. The van der Waals surface area contributed by atoms with E-state index < -0.39 is 0 Å². The van der Waals surface area contributed by atoms with Gasteiger partial charge in [0, 0.05) is 24.8 Å². The first-order valence-corrected chi connectivity index (χ1v) is 13.1. The molecule has 0 radical (unpaired) electrons. The van der Waals surface area contributed by atoms with E-state index in [1.807, 2.05) is 56.8 Å². The van der Waals surface area contributed by atoms with Crippen LogP contribution < -0.4 is 4.90 Å². The van der Waals surface area contributed by atoms with Crippen molar-refractivity contribution in [3.05, 3.63) is 54.1 Å². The third-order valence-electron chi connectivity index (χ3n) is 6.94. The van der Waals surface area contributed by atoms with Crippen LogP contribution in [0.15, 0.2) is 53.7 Å². The van der Waals surface area contributed by atoms with Gasteiger partial charge in [0.05, 0.1) is 16.8 Å². The Morgan fingerprint density at radius 3 is 2.47 bits per heavy atom. The van der Waals surface area contributed by atoms with Crippen LogP contribution in [0, 0.1) is 11.8 Å². The molecule has 0 unspecified atom stereocenters. The molecule has 1 fully saturated rings. The average molecular weight is 477 g/mol. The molecule has 2 aliphatic heterocycles. The summed E-state index contributed by atoms with van der Waals surface area (Å²) in [5.74, 6) is 1.52. The molecule has 6 nitrogen and oxygen atoms in total. The van der Waals surface area contributed by atoms with Crippen molar-refractivity contribution in [3.63, 3.8) is 0 Å². The lowest BCUT2D eigenvalue weighted by atomic mass is 9.92. The highest BCUT2D eigenvalue weighted by Crippen LogP contribution is 2.33. The predicted octanol–water partition coefficient (Wildman–Crippen LogP) is 4.61. The van der Waals surface area contributed by atoms with Gasteiger partial charge < -0.3 is 14.4 Å². The second-order valence-electron chi connectivity index (χ2n) is 9.95. The number of amides is 2. The van der Waals surface area contributed by atoms with Crippen molar-refractivity contribution >= 4 is 40.3 Å². The summed E-state index contributed by atoms with van der Waals surface area (Å²) < 4.78 is 1.99. The molecule has 34 heavy (non-hydrogen) atoms. The summed E-state index contributed by atoms with van der Waals surface area (Å²) >= 11 is 1.42. The molecular weight excluding hydrogens is 444 g/mol. The Bertz CT molecular complexity index is 1210. The Kier molecular flexibility index (Phi) is 6.38. The number of hydrogen-bond acceptors (Lipinski definition) is 4. The molecule has 3 atom stereocenters. The summed E-state index contributed by atoms with van der Waals surface area (Å²) in [5.41, 5.74) is 4.02. The number of aromatic nitrogens is 2. The molecule has 2 amide bonds. The second-order valence-corrected chi connectivity index (χ2v) is 10.9. The van der Waals surface area contributed by atoms with Gasteiger partial charge >= 0.3 is 0 Å². The molecule has 0 N–H and O–H groups in total. The number of piperidine rings is 1. The Morgan fingerprint density at radius 2 is 1.68 bits per heavy atom. The Balaban J connectivity index is 1.35. The van der Waals surface area contributed by atoms with E-state index in [4.69, 9.17) is 4.98 Å². The van der Waals surface area contributed by atoms with Crippen LogP contribution in [-0.4, -0.2) is 51.1 Å². The van der Waals surface area contributed by atoms with Gasteiger partial charge in [-0.25, -0.2) is 4.98 Å². The number of fused-ring (bicyclic) bond motifs is 2. The van der Waals surface area contributed by atoms with E-state index in [1.165, 1.54) is 23.7 Å². The van der Waals surface area contributed by atoms with Crippen LogP contribution in [0.5, 0.6) is 0 Å². The number of para-hydroxylation sites is 3. The van der Waals surface area contributed by atoms with Gasteiger partial charge in [-0.15, -0.1) is 0 Å².